The molecule has 0 saturated carbocycles. The molecule has 0 unspecified atom stereocenters. The van der Waals surface area contributed by atoms with Crippen molar-refractivity contribution >= 4 is 27.4 Å². The summed E-state index contributed by atoms with van der Waals surface area (Å²) < 4.78 is 5.28. The number of nitrogen functional groups attached to an aromatic ring is 1. The number of rotatable bonds is 0. The van der Waals surface area contributed by atoms with Crippen LogP contribution in [-0.2, 0) is 0 Å². The first-order valence-corrected chi connectivity index (χ1v) is 4.17. The monoisotopic (exact) mass is 164 g/mol. The lowest BCUT2D eigenvalue weighted by atomic mass is 10.2. The molecule has 1 aromatic heterocycles. The highest BCUT2D eigenvalue weighted by Gasteiger charge is 2.02. The van der Waals surface area contributed by atoms with E-state index in [9.17, 15) is 0 Å². The number of nitrogens with zero attached hydrogens (tertiary/aromatic N) is 1. The fourth-order valence-electron chi connectivity index (χ4n) is 1.12. The first-order valence-electron chi connectivity index (χ1n) is 3.39. The van der Waals surface area contributed by atoms with Gasteiger partial charge in [0, 0.05) is 5.39 Å². The third-order valence-electron chi connectivity index (χ3n) is 1.72. The van der Waals surface area contributed by atoms with Crippen molar-refractivity contribution in [3.8, 4) is 0 Å². The Labute approximate surface area is 68.8 Å². The van der Waals surface area contributed by atoms with Crippen LogP contribution in [0.5, 0.6) is 0 Å². The van der Waals surface area contributed by atoms with Crippen molar-refractivity contribution in [1.82, 2.24) is 4.37 Å². The number of aromatic nitrogens is 1. The van der Waals surface area contributed by atoms with E-state index in [-0.39, 0.29) is 0 Å². The summed E-state index contributed by atoms with van der Waals surface area (Å²) >= 11 is 1.47. The molecule has 2 aromatic rings. The van der Waals surface area contributed by atoms with Crippen molar-refractivity contribution in [2.45, 2.75) is 6.92 Å². The maximum absolute atomic E-state index is 5.64. The second kappa shape index (κ2) is 2.20. The molecule has 1 aromatic carbocycles. The third kappa shape index (κ3) is 0.886. The normalized spacial score (nSPS) is 10.6. The summed E-state index contributed by atoms with van der Waals surface area (Å²) in [5.74, 6) is 0.647. The Morgan fingerprint density at radius 2 is 2.27 bits per heavy atom. The molecule has 0 radical (unpaired) electrons. The van der Waals surface area contributed by atoms with Gasteiger partial charge in [-0.05, 0) is 30.1 Å². The predicted molar refractivity (Wildman–Crippen MR) is 48.8 cm³/mol. The van der Waals surface area contributed by atoms with Crippen molar-refractivity contribution in [2.75, 3.05) is 5.73 Å². The average molecular weight is 164 g/mol. The maximum atomic E-state index is 5.64. The van der Waals surface area contributed by atoms with Crippen LogP contribution < -0.4 is 5.73 Å². The molecule has 0 aliphatic heterocycles. The quantitative estimate of drug-likeness (QED) is 0.648. The van der Waals surface area contributed by atoms with Crippen LogP contribution in [0.2, 0.25) is 0 Å². The summed E-state index contributed by atoms with van der Waals surface area (Å²) in [6.45, 7) is 2.07. The summed E-state index contributed by atoms with van der Waals surface area (Å²) in [5, 5.41) is 1.08. The second-order valence-electron chi connectivity index (χ2n) is 2.52. The van der Waals surface area contributed by atoms with Gasteiger partial charge in [-0.3, -0.25) is 0 Å². The van der Waals surface area contributed by atoms with Gasteiger partial charge in [-0.1, -0.05) is 12.1 Å². The van der Waals surface area contributed by atoms with Gasteiger partial charge < -0.3 is 5.73 Å². The van der Waals surface area contributed by atoms with Crippen LogP contribution in [0.15, 0.2) is 18.2 Å². The predicted octanol–water partition coefficient (Wildman–Crippen LogP) is 2.19. The standard InChI is InChI=1S/C8H8N2S/c1-5-3-2-4-6-7(5)11-10-8(6)9/h2-4H,1H3,(H2,9,10). The largest absolute Gasteiger partial charge is 0.382 e. The number of benzene rings is 1. The zero-order valence-corrected chi connectivity index (χ0v) is 6.98. The average Bonchev–Trinajstić information content (AvgIpc) is 2.35. The van der Waals surface area contributed by atoms with E-state index >= 15 is 0 Å². The van der Waals surface area contributed by atoms with Crippen molar-refractivity contribution < 1.29 is 0 Å². The highest BCUT2D eigenvalue weighted by Crippen LogP contribution is 2.26. The van der Waals surface area contributed by atoms with Gasteiger partial charge in [-0.25, -0.2) is 0 Å². The fraction of sp³-hybridized carbons (Fsp3) is 0.125. The van der Waals surface area contributed by atoms with E-state index < -0.39 is 0 Å². The Morgan fingerprint density at radius 1 is 1.45 bits per heavy atom. The molecule has 1 heterocycles. The number of aryl methyl sites for hydroxylation is 1. The maximum Gasteiger partial charge on any atom is 0.144 e. The Morgan fingerprint density at radius 3 is 3.00 bits per heavy atom. The molecule has 0 aliphatic rings. The van der Waals surface area contributed by atoms with E-state index in [1.54, 1.807) is 0 Å². The Bertz CT molecular complexity index is 392. The zero-order chi connectivity index (χ0) is 7.84. The Kier molecular flexibility index (Phi) is 1.32. The van der Waals surface area contributed by atoms with Crippen LogP contribution in [0.4, 0.5) is 5.82 Å². The minimum absolute atomic E-state index is 0.647. The van der Waals surface area contributed by atoms with Crippen molar-refractivity contribution in [2.24, 2.45) is 0 Å². The van der Waals surface area contributed by atoms with Crippen LogP contribution in [-0.4, -0.2) is 4.37 Å². The Hall–Kier alpha value is -1.09. The molecular weight excluding hydrogens is 156 g/mol. The van der Waals surface area contributed by atoms with Gasteiger partial charge in [-0.2, -0.15) is 4.37 Å². The lowest BCUT2D eigenvalue weighted by Crippen LogP contribution is -1.82. The van der Waals surface area contributed by atoms with Crippen LogP contribution in [0.3, 0.4) is 0 Å². The highest BCUT2D eigenvalue weighted by molar-refractivity contribution is 7.14. The SMILES string of the molecule is Cc1cccc2c(N)nsc12. The topological polar surface area (TPSA) is 38.9 Å². The van der Waals surface area contributed by atoms with Gasteiger partial charge in [0.05, 0.1) is 4.70 Å². The molecule has 0 bridgehead atoms. The van der Waals surface area contributed by atoms with Gasteiger partial charge in [0.15, 0.2) is 0 Å². The first kappa shape index (κ1) is 6.61. The summed E-state index contributed by atoms with van der Waals surface area (Å²) in [5.41, 5.74) is 6.89. The molecule has 0 fully saturated rings. The molecular formula is C8H8N2S. The second-order valence-corrected chi connectivity index (χ2v) is 3.29. The lowest BCUT2D eigenvalue weighted by Gasteiger charge is -1.91. The summed E-state index contributed by atoms with van der Waals surface area (Å²) in [6.07, 6.45) is 0. The van der Waals surface area contributed by atoms with E-state index in [0.29, 0.717) is 5.82 Å². The summed E-state index contributed by atoms with van der Waals surface area (Å²) in [7, 11) is 0. The molecule has 0 saturated heterocycles. The van der Waals surface area contributed by atoms with Crippen LogP contribution in [0, 0.1) is 6.92 Å². The number of nitrogens with two attached hydrogens (primary N) is 1. The van der Waals surface area contributed by atoms with Crippen molar-refractivity contribution in [3.63, 3.8) is 0 Å². The van der Waals surface area contributed by atoms with E-state index in [1.165, 1.54) is 21.8 Å². The molecule has 0 aliphatic carbocycles. The van der Waals surface area contributed by atoms with Gasteiger partial charge >= 0.3 is 0 Å². The van der Waals surface area contributed by atoms with Gasteiger partial charge in [-0.15, -0.1) is 0 Å². The summed E-state index contributed by atoms with van der Waals surface area (Å²) in [4.78, 5) is 0. The van der Waals surface area contributed by atoms with Gasteiger partial charge in [0.25, 0.3) is 0 Å². The highest BCUT2D eigenvalue weighted by atomic mass is 32.1. The van der Waals surface area contributed by atoms with Crippen LogP contribution in [0.25, 0.3) is 10.1 Å². The van der Waals surface area contributed by atoms with E-state index in [0.717, 1.165) is 5.39 Å². The molecule has 2 N–H and O–H groups in total. The van der Waals surface area contributed by atoms with Crippen molar-refractivity contribution in [1.29, 1.82) is 0 Å². The fourth-order valence-corrected chi connectivity index (χ4v) is 1.89. The zero-order valence-electron chi connectivity index (χ0n) is 6.16. The molecule has 0 spiro atoms. The van der Waals surface area contributed by atoms with Crippen LogP contribution in [0.1, 0.15) is 5.56 Å². The molecule has 2 rings (SSSR count). The number of anilines is 1. The minimum atomic E-state index is 0.647. The van der Waals surface area contributed by atoms with E-state index in [1.807, 2.05) is 12.1 Å². The van der Waals surface area contributed by atoms with Gasteiger partial charge in [0.2, 0.25) is 0 Å². The van der Waals surface area contributed by atoms with Crippen molar-refractivity contribution in [3.05, 3.63) is 23.8 Å². The smallest absolute Gasteiger partial charge is 0.144 e. The molecule has 56 valence electrons. The Balaban J connectivity index is 2.94. The van der Waals surface area contributed by atoms with E-state index in [2.05, 4.69) is 17.4 Å². The van der Waals surface area contributed by atoms with Gasteiger partial charge in [0.1, 0.15) is 5.82 Å². The summed E-state index contributed by atoms with van der Waals surface area (Å²) in [6, 6.07) is 6.07. The molecule has 2 nitrogen and oxygen atoms in total. The molecule has 0 amide bonds. The number of hydrogen-bond donors (Lipinski definition) is 1. The van der Waals surface area contributed by atoms with E-state index in [4.69, 9.17) is 5.73 Å². The minimum Gasteiger partial charge on any atom is -0.382 e. The molecule has 0 atom stereocenters. The third-order valence-corrected chi connectivity index (χ3v) is 2.74. The number of hydrogen-bond acceptors (Lipinski definition) is 3. The molecule has 3 heteroatoms. The van der Waals surface area contributed by atoms with Crippen LogP contribution >= 0.6 is 11.5 Å². The first-order chi connectivity index (χ1) is 5.29. The molecule has 11 heavy (non-hydrogen) atoms. The lowest BCUT2D eigenvalue weighted by molar-refractivity contribution is 1.55. The number of fused-ring (bicyclic) bond motifs is 1.